The smallest absolute Gasteiger partial charge is 0.221 e. The number of aromatic nitrogens is 3. The maximum absolute atomic E-state index is 11.1. The summed E-state index contributed by atoms with van der Waals surface area (Å²) in [6.07, 6.45) is 4.95. The van der Waals surface area contributed by atoms with Gasteiger partial charge in [-0.1, -0.05) is 17.8 Å². The fraction of sp³-hybridized carbons (Fsp3) is 0.316. The lowest BCUT2D eigenvalue weighted by atomic mass is 10.3. The van der Waals surface area contributed by atoms with E-state index in [2.05, 4.69) is 20.3 Å². The van der Waals surface area contributed by atoms with Crippen LogP contribution < -0.4 is 10.1 Å². The van der Waals surface area contributed by atoms with Crippen molar-refractivity contribution in [3.05, 3.63) is 42.6 Å². The molecular weight excluding hydrogens is 348 g/mol. The molecule has 0 aliphatic heterocycles. The van der Waals surface area contributed by atoms with Gasteiger partial charge in [-0.2, -0.15) is 0 Å². The number of hydrogen-bond donors (Lipinski definition) is 2. The zero-order valence-electron chi connectivity index (χ0n) is 14.7. The van der Waals surface area contributed by atoms with E-state index >= 15 is 0 Å². The van der Waals surface area contributed by atoms with Crippen molar-refractivity contribution in [2.75, 3.05) is 17.7 Å². The zero-order chi connectivity index (χ0) is 18.2. The number of fused-ring (bicyclic) bond motifs is 1. The Morgan fingerprint density at radius 1 is 1.23 bits per heavy atom. The summed E-state index contributed by atoms with van der Waals surface area (Å²) < 4.78 is 5.58. The molecule has 1 aromatic carbocycles. The SMILES string of the molecule is CC(=O)Nc1ccc2[nH]c(SCCCCCOc3ccccn3)nc2c1. The molecule has 26 heavy (non-hydrogen) atoms. The third-order valence-electron chi connectivity index (χ3n) is 3.70. The predicted octanol–water partition coefficient (Wildman–Crippen LogP) is 4.26. The number of carbonyl (C=O) groups excluding carboxylic acids is 1. The number of carbonyl (C=O) groups is 1. The van der Waals surface area contributed by atoms with Gasteiger partial charge >= 0.3 is 0 Å². The van der Waals surface area contributed by atoms with Crippen molar-refractivity contribution in [3.63, 3.8) is 0 Å². The molecule has 3 aromatic rings. The molecule has 2 N–H and O–H groups in total. The van der Waals surface area contributed by atoms with E-state index in [1.165, 1.54) is 6.92 Å². The Morgan fingerprint density at radius 3 is 2.96 bits per heavy atom. The number of H-pyrrole nitrogens is 1. The van der Waals surface area contributed by atoms with Crippen LogP contribution in [0.25, 0.3) is 11.0 Å². The van der Waals surface area contributed by atoms with Gasteiger partial charge in [-0.05, 0) is 43.5 Å². The number of pyridine rings is 1. The van der Waals surface area contributed by atoms with Crippen molar-refractivity contribution in [1.29, 1.82) is 0 Å². The normalized spacial score (nSPS) is 10.8. The number of rotatable bonds is 9. The number of amides is 1. The van der Waals surface area contributed by atoms with Crippen LogP contribution in [0.2, 0.25) is 0 Å². The van der Waals surface area contributed by atoms with Crippen LogP contribution in [0.4, 0.5) is 5.69 Å². The summed E-state index contributed by atoms with van der Waals surface area (Å²) in [6, 6.07) is 11.4. The van der Waals surface area contributed by atoms with Crippen molar-refractivity contribution in [2.45, 2.75) is 31.3 Å². The maximum atomic E-state index is 11.1. The van der Waals surface area contributed by atoms with Crippen LogP contribution >= 0.6 is 11.8 Å². The lowest BCUT2D eigenvalue weighted by Crippen LogP contribution is -2.05. The molecule has 0 atom stereocenters. The number of anilines is 1. The highest BCUT2D eigenvalue weighted by molar-refractivity contribution is 7.99. The average Bonchev–Trinajstić information content (AvgIpc) is 3.03. The highest BCUT2D eigenvalue weighted by Crippen LogP contribution is 2.23. The minimum absolute atomic E-state index is 0.0819. The molecule has 0 bridgehead atoms. The predicted molar refractivity (Wildman–Crippen MR) is 105 cm³/mol. The Bertz CT molecular complexity index is 851. The second kappa shape index (κ2) is 9.24. The van der Waals surface area contributed by atoms with Gasteiger partial charge in [0.2, 0.25) is 11.8 Å². The largest absolute Gasteiger partial charge is 0.478 e. The number of unbranched alkanes of at least 4 members (excludes halogenated alkanes) is 2. The molecule has 6 nitrogen and oxygen atoms in total. The standard InChI is InChI=1S/C19H22N4O2S/c1-14(24)21-15-8-9-16-17(13-15)23-19(22-16)26-12-6-2-5-11-25-18-7-3-4-10-20-18/h3-4,7-10,13H,2,5-6,11-12H2,1H3,(H,21,24)(H,22,23). The van der Waals surface area contributed by atoms with E-state index in [0.29, 0.717) is 12.5 Å². The molecule has 2 heterocycles. The van der Waals surface area contributed by atoms with Gasteiger partial charge in [-0.15, -0.1) is 0 Å². The van der Waals surface area contributed by atoms with Crippen LogP contribution in [0.1, 0.15) is 26.2 Å². The average molecular weight is 370 g/mol. The second-order valence-corrected chi connectivity index (χ2v) is 6.96. The van der Waals surface area contributed by atoms with E-state index in [4.69, 9.17) is 4.74 Å². The van der Waals surface area contributed by atoms with Crippen LogP contribution in [0.3, 0.4) is 0 Å². The monoisotopic (exact) mass is 370 g/mol. The van der Waals surface area contributed by atoms with Gasteiger partial charge in [0.25, 0.3) is 0 Å². The Balaban J connectivity index is 1.37. The molecule has 7 heteroatoms. The van der Waals surface area contributed by atoms with Crippen molar-refractivity contribution < 1.29 is 9.53 Å². The molecule has 0 aliphatic rings. The van der Waals surface area contributed by atoms with Crippen molar-refractivity contribution in [1.82, 2.24) is 15.0 Å². The number of aromatic amines is 1. The quantitative estimate of drug-likeness (QED) is 0.435. The fourth-order valence-corrected chi connectivity index (χ4v) is 3.38. The minimum atomic E-state index is -0.0819. The summed E-state index contributed by atoms with van der Waals surface area (Å²) in [5, 5.41) is 3.68. The van der Waals surface area contributed by atoms with E-state index in [0.717, 1.165) is 46.9 Å². The van der Waals surface area contributed by atoms with Gasteiger partial charge in [-0.3, -0.25) is 4.79 Å². The zero-order valence-corrected chi connectivity index (χ0v) is 15.5. The van der Waals surface area contributed by atoms with E-state index in [1.807, 2.05) is 36.4 Å². The van der Waals surface area contributed by atoms with Gasteiger partial charge < -0.3 is 15.0 Å². The number of benzene rings is 1. The molecule has 0 fully saturated rings. The first-order valence-electron chi connectivity index (χ1n) is 8.65. The minimum Gasteiger partial charge on any atom is -0.478 e. The number of nitrogens with one attached hydrogen (secondary N) is 2. The molecule has 0 saturated carbocycles. The summed E-state index contributed by atoms with van der Waals surface area (Å²) in [6.45, 7) is 2.19. The molecule has 3 rings (SSSR count). The Labute approximate surface area is 156 Å². The van der Waals surface area contributed by atoms with Gasteiger partial charge in [0.15, 0.2) is 5.16 Å². The highest BCUT2D eigenvalue weighted by atomic mass is 32.2. The maximum Gasteiger partial charge on any atom is 0.221 e. The van der Waals surface area contributed by atoms with E-state index in [9.17, 15) is 4.79 Å². The Morgan fingerprint density at radius 2 is 2.15 bits per heavy atom. The number of imidazole rings is 1. The summed E-state index contributed by atoms with van der Waals surface area (Å²) in [5.41, 5.74) is 2.61. The van der Waals surface area contributed by atoms with Gasteiger partial charge in [-0.25, -0.2) is 9.97 Å². The molecule has 0 unspecified atom stereocenters. The van der Waals surface area contributed by atoms with Gasteiger partial charge in [0, 0.05) is 30.6 Å². The van der Waals surface area contributed by atoms with Crippen molar-refractivity contribution in [3.8, 4) is 5.88 Å². The summed E-state index contributed by atoms with van der Waals surface area (Å²) in [5.74, 6) is 1.60. The summed E-state index contributed by atoms with van der Waals surface area (Å²) >= 11 is 1.71. The van der Waals surface area contributed by atoms with Crippen LogP contribution in [0, 0.1) is 0 Å². The molecule has 2 aromatic heterocycles. The van der Waals surface area contributed by atoms with Crippen LogP contribution in [-0.2, 0) is 4.79 Å². The molecule has 136 valence electrons. The third kappa shape index (κ3) is 5.49. The van der Waals surface area contributed by atoms with E-state index in [-0.39, 0.29) is 5.91 Å². The first kappa shape index (κ1) is 18.3. The lowest BCUT2D eigenvalue weighted by molar-refractivity contribution is -0.114. The first-order valence-corrected chi connectivity index (χ1v) is 9.63. The number of ether oxygens (including phenoxy) is 1. The van der Waals surface area contributed by atoms with Crippen LogP contribution in [0.15, 0.2) is 47.8 Å². The molecule has 0 aliphatic carbocycles. The fourth-order valence-electron chi connectivity index (χ4n) is 2.49. The Kier molecular flexibility index (Phi) is 6.49. The topological polar surface area (TPSA) is 79.9 Å². The lowest BCUT2D eigenvalue weighted by Gasteiger charge is -2.04. The highest BCUT2D eigenvalue weighted by Gasteiger charge is 2.05. The van der Waals surface area contributed by atoms with Crippen LogP contribution in [0.5, 0.6) is 5.88 Å². The van der Waals surface area contributed by atoms with Crippen molar-refractivity contribution in [2.24, 2.45) is 0 Å². The summed E-state index contributed by atoms with van der Waals surface area (Å²) in [7, 11) is 0. The molecular formula is C19H22N4O2S. The molecule has 0 saturated heterocycles. The van der Waals surface area contributed by atoms with E-state index in [1.54, 1.807) is 18.0 Å². The first-order chi connectivity index (χ1) is 12.7. The number of nitrogens with zero attached hydrogens (tertiary/aromatic N) is 2. The molecule has 0 spiro atoms. The van der Waals surface area contributed by atoms with Gasteiger partial charge in [0.1, 0.15) is 0 Å². The summed E-state index contributed by atoms with van der Waals surface area (Å²) in [4.78, 5) is 23.1. The van der Waals surface area contributed by atoms with Crippen molar-refractivity contribution >= 4 is 34.4 Å². The van der Waals surface area contributed by atoms with Crippen LogP contribution in [-0.4, -0.2) is 33.2 Å². The molecule has 0 radical (unpaired) electrons. The van der Waals surface area contributed by atoms with E-state index < -0.39 is 0 Å². The second-order valence-electron chi connectivity index (χ2n) is 5.88. The number of thioether (sulfide) groups is 1. The third-order valence-corrected chi connectivity index (χ3v) is 4.66. The van der Waals surface area contributed by atoms with Gasteiger partial charge in [0.05, 0.1) is 17.6 Å². The number of hydrogen-bond acceptors (Lipinski definition) is 5. The molecule has 1 amide bonds. The Hall–Kier alpha value is -2.54.